The van der Waals surface area contributed by atoms with Gasteiger partial charge in [0, 0.05) is 31.6 Å². The summed E-state index contributed by atoms with van der Waals surface area (Å²) in [7, 11) is -2.50. The minimum atomic E-state index is -4.34. The molecular weight excluding hydrogens is 467 g/mol. The number of amides is 2. The summed E-state index contributed by atoms with van der Waals surface area (Å²) in [6.45, 7) is 3.37. The number of carbonyl (C=O) groups is 1. The maximum absolute atomic E-state index is 13.1. The van der Waals surface area contributed by atoms with Crippen LogP contribution in [0.1, 0.15) is 62.5 Å². The van der Waals surface area contributed by atoms with Gasteiger partial charge in [-0.3, -0.25) is 8.93 Å². The molecule has 10 heteroatoms. The molecule has 1 saturated carbocycles. The third-order valence-electron chi connectivity index (χ3n) is 6.71. The van der Waals surface area contributed by atoms with Crippen LogP contribution < -0.4 is 10.0 Å². The van der Waals surface area contributed by atoms with Gasteiger partial charge in [0.05, 0.1) is 24.3 Å². The monoisotopic (exact) mass is 505 g/mol. The fraction of sp³-hybridized carbons (Fsp3) is 0.708. The fourth-order valence-electron chi connectivity index (χ4n) is 5.08. The van der Waals surface area contributed by atoms with E-state index in [1.54, 1.807) is 23.5 Å². The molecule has 1 heterocycles. The Kier molecular flexibility index (Phi) is 9.03. The van der Waals surface area contributed by atoms with Crippen molar-refractivity contribution in [2.24, 2.45) is 0 Å². The molecule has 1 aromatic carbocycles. The molecule has 6 nitrogen and oxygen atoms in total. The first kappa shape index (κ1) is 26.9. The van der Waals surface area contributed by atoms with Gasteiger partial charge in [-0.1, -0.05) is 28.3 Å². The minimum Gasteiger partial charge on any atom is -0.376 e. The summed E-state index contributed by atoms with van der Waals surface area (Å²) in [5, 5.41) is 2.86. The van der Waals surface area contributed by atoms with E-state index in [0.717, 1.165) is 50.2 Å². The third-order valence-corrected chi connectivity index (χ3v) is 7.66. The largest absolute Gasteiger partial charge is 0.416 e. The van der Waals surface area contributed by atoms with Crippen LogP contribution in [0.4, 0.5) is 18.0 Å². The predicted molar refractivity (Wildman–Crippen MR) is 130 cm³/mol. The first-order valence-corrected chi connectivity index (χ1v) is 14.7. The Morgan fingerprint density at radius 2 is 1.88 bits per heavy atom. The molecule has 0 aromatic heterocycles. The van der Waals surface area contributed by atoms with Crippen LogP contribution in [0.3, 0.4) is 0 Å². The highest BCUT2D eigenvalue weighted by atomic mass is 32.3. The van der Waals surface area contributed by atoms with Crippen LogP contribution in [0, 0.1) is 0 Å². The Morgan fingerprint density at radius 3 is 2.50 bits per heavy atom. The smallest absolute Gasteiger partial charge is 0.376 e. The molecule has 194 valence electrons. The van der Waals surface area contributed by atoms with E-state index in [4.69, 9.17) is 4.74 Å². The Hall–Kier alpha value is -1.65. The van der Waals surface area contributed by atoms with E-state index in [9.17, 15) is 22.2 Å². The van der Waals surface area contributed by atoms with Crippen molar-refractivity contribution >= 4 is 16.1 Å². The van der Waals surface area contributed by atoms with E-state index in [1.807, 2.05) is 6.92 Å². The Bertz CT molecular complexity index is 869. The molecule has 0 radical (unpaired) electrons. The van der Waals surface area contributed by atoms with Gasteiger partial charge in [0.2, 0.25) is 0 Å². The summed E-state index contributed by atoms with van der Waals surface area (Å²) >= 11 is 0. The second-order valence-electron chi connectivity index (χ2n) is 9.76. The van der Waals surface area contributed by atoms with Crippen LogP contribution in [0.25, 0.3) is 0 Å². The lowest BCUT2D eigenvalue weighted by molar-refractivity contribution is -0.137. The number of halogens is 3. The number of nitrogens with one attached hydrogen (secondary N) is 2. The van der Waals surface area contributed by atoms with Crippen molar-refractivity contribution in [2.45, 2.75) is 75.7 Å². The number of thiol groups is 1. The summed E-state index contributed by atoms with van der Waals surface area (Å²) in [6, 6.07) is 5.15. The summed E-state index contributed by atoms with van der Waals surface area (Å²) < 4.78 is 61.2. The minimum absolute atomic E-state index is 0.00392. The van der Waals surface area contributed by atoms with Gasteiger partial charge in [-0.05, 0) is 63.0 Å². The van der Waals surface area contributed by atoms with E-state index in [-0.39, 0.29) is 30.1 Å². The van der Waals surface area contributed by atoms with Crippen molar-refractivity contribution in [2.75, 3.05) is 32.2 Å². The Labute approximate surface area is 201 Å². The topological polar surface area (TPSA) is 70.7 Å². The number of ether oxygens (including phenoxy) is 1. The molecule has 2 aliphatic rings. The van der Waals surface area contributed by atoms with E-state index in [1.165, 1.54) is 12.1 Å². The van der Waals surface area contributed by atoms with Crippen molar-refractivity contribution in [3.8, 4) is 0 Å². The van der Waals surface area contributed by atoms with Gasteiger partial charge in [0.15, 0.2) is 0 Å². The van der Waals surface area contributed by atoms with Crippen molar-refractivity contribution in [3.63, 3.8) is 0 Å². The number of rotatable bonds is 7. The highest BCUT2D eigenvalue weighted by Gasteiger charge is 2.36. The zero-order chi connectivity index (χ0) is 24.9. The average Bonchev–Trinajstić information content (AvgIpc) is 2.77. The number of likely N-dealkylation sites (tertiary alicyclic amines) is 1. The molecular formula is C24H38F3N3O3S. The SMILES string of the molecule is CCNC(=O)N1CCC[C@H](N[SH](C)(C)=O)C1COC1CCC(c2cccc(C(F)(F)F)c2)CC1. The van der Waals surface area contributed by atoms with Gasteiger partial charge >= 0.3 is 12.2 Å². The van der Waals surface area contributed by atoms with E-state index >= 15 is 0 Å². The van der Waals surface area contributed by atoms with Crippen molar-refractivity contribution in [3.05, 3.63) is 35.4 Å². The second-order valence-corrected chi connectivity index (χ2v) is 12.7. The molecule has 3 rings (SSSR count). The molecule has 1 aliphatic carbocycles. The zero-order valence-electron chi connectivity index (χ0n) is 20.2. The number of alkyl halides is 3. The van der Waals surface area contributed by atoms with Crippen LogP contribution in [0.2, 0.25) is 0 Å². The number of carbonyl (C=O) groups excluding carboxylic acids is 1. The van der Waals surface area contributed by atoms with Crippen LogP contribution >= 0.6 is 0 Å². The maximum Gasteiger partial charge on any atom is 0.416 e. The number of urea groups is 1. The molecule has 2 amide bonds. The number of hydrogen-bond donors (Lipinski definition) is 3. The third kappa shape index (κ3) is 7.42. The number of hydrogen-bond acceptors (Lipinski definition) is 3. The van der Waals surface area contributed by atoms with Crippen molar-refractivity contribution in [1.29, 1.82) is 0 Å². The first-order chi connectivity index (χ1) is 16.0. The summed E-state index contributed by atoms with van der Waals surface area (Å²) in [4.78, 5) is 14.4. The lowest BCUT2D eigenvalue weighted by atomic mass is 9.82. The van der Waals surface area contributed by atoms with Crippen molar-refractivity contribution in [1.82, 2.24) is 14.9 Å². The molecule has 1 aliphatic heterocycles. The van der Waals surface area contributed by atoms with E-state index in [2.05, 4.69) is 10.0 Å². The molecule has 0 bridgehead atoms. The van der Waals surface area contributed by atoms with Gasteiger partial charge < -0.3 is 15.0 Å². The summed E-state index contributed by atoms with van der Waals surface area (Å²) in [6.07, 6.45) is 3.71. The molecule has 1 unspecified atom stereocenters. The lowest BCUT2D eigenvalue weighted by Crippen LogP contribution is -2.61. The van der Waals surface area contributed by atoms with Gasteiger partial charge in [-0.25, -0.2) is 4.79 Å². The number of nitrogens with zero attached hydrogens (tertiary/aromatic N) is 1. The highest BCUT2D eigenvalue weighted by Crippen LogP contribution is 2.37. The number of benzene rings is 1. The van der Waals surface area contributed by atoms with Gasteiger partial charge in [-0.2, -0.15) is 13.2 Å². The average molecular weight is 506 g/mol. The molecule has 1 aromatic rings. The zero-order valence-corrected chi connectivity index (χ0v) is 21.1. The molecule has 0 spiro atoms. The lowest BCUT2D eigenvalue weighted by Gasteiger charge is -2.43. The van der Waals surface area contributed by atoms with Crippen LogP contribution in [0.5, 0.6) is 0 Å². The number of piperidine rings is 1. The standard InChI is InChI=1S/C24H38F3N3O3S/c1-4-28-23(31)30-14-6-9-21(29-34(2,3)32)22(30)16-33-20-12-10-17(11-13-20)18-7-5-8-19(15-18)24(25,26)27/h5,7-8,15,17,20-22,34H,4,6,9-14,16H2,1-3H3,(H,28,31)(H,29,32)/t17?,20?,21-,22?/m0/s1. The Morgan fingerprint density at radius 1 is 1.18 bits per heavy atom. The molecule has 2 N–H and O–H groups in total. The van der Waals surface area contributed by atoms with Crippen molar-refractivity contribution < 1.29 is 26.9 Å². The molecule has 2 atom stereocenters. The highest BCUT2D eigenvalue weighted by molar-refractivity contribution is 7.99. The van der Waals surface area contributed by atoms with Gasteiger partial charge in [0.1, 0.15) is 0 Å². The summed E-state index contributed by atoms with van der Waals surface area (Å²) in [5.41, 5.74) is 0.127. The maximum atomic E-state index is 13.1. The quantitative estimate of drug-likeness (QED) is 0.489. The van der Waals surface area contributed by atoms with Crippen LogP contribution in [-0.2, 0) is 21.0 Å². The Balaban J connectivity index is 1.60. The normalized spacial score (nSPS) is 26.8. The molecule has 2 fully saturated rings. The molecule has 1 saturated heterocycles. The van der Waals surface area contributed by atoms with E-state index in [0.29, 0.717) is 19.7 Å². The van der Waals surface area contributed by atoms with Crippen LogP contribution in [-0.4, -0.2) is 65.5 Å². The first-order valence-electron chi connectivity index (χ1n) is 12.1. The van der Waals surface area contributed by atoms with Gasteiger partial charge in [-0.15, -0.1) is 0 Å². The molecule has 34 heavy (non-hydrogen) atoms. The van der Waals surface area contributed by atoms with Crippen LogP contribution in [0.15, 0.2) is 24.3 Å². The fourth-order valence-corrected chi connectivity index (χ4v) is 6.18. The van der Waals surface area contributed by atoms with Gasteiger partial charge in [0.25, 0.3) is 0 Å². The van der Waals surface area contributed by atoms with E-state index < -0.39 is 21.9 Å². The second kappa shape index (κ2) is 11.4. The summed E-state index contributed by atoms with van der Waals surface area (Å²) in [5.74, 6) is 0.0872. The predicted octanol–water partition coefficient (Wildman–Crippen LogP) is 4.09.